The molecule has 0 bridgehead atoms. The molecule has 5 heteroatoms. The Morgan fingerprint density at radius 2 is 1.71 bits per heavy atom. The van der Waals surface area contributed by atoms with E-state index in [-0.39, 0.29) is 17.7 Å². The largest absolute Gasteiger partial charge is 0.355 e. The normalized spacial score (nSPS) is 26.4. The summed E-state index contributed by atoms with van der Waals surface area (Å²) in [7, 11) is 0. The lowest BCUT2D eigenvalue weighted by Crippen LogP contribution is -2.46. The maximum Gasteiger partial charge on any atom is 0.223 e. The van der Waals surface area contributed by atoms with Crippen LogP contribution >= 0.6 is 0 Å². The molecule has 2 rings (SSSR count). The van der Waals surface area contributed by atoms with Crippen molar-refractivity contribution in [3.05, 3.63) is 0 Å². The molecule has 0 aliphatic carbocycles. The summed E-state index contributed by atoms with van der Waals surface area (Å²) in [5.41, 5.74) is 0. The average Bonchev–Trinajstić information content (AvgIpc) is 2.54. The number of nitrogens with zero attached hydrogens (tertiary/aromatic N) is 2. The molecule has 2 saturated heterocycles. The summed E-state index contributed by atoms with van der Waals surface area (Å²) in [5, 5.41) is 3.11. The molecule has 24 heavy (non-hydrogen) atoms. The maximum absolute atomic E-state index is 12.3. The first-order chi connectivity index (χ1) is 11.5. The lowest BCUT2D eigenvalue weighted by Gasteiger charge is -2.35. The molecule has 2 fully saturated rings. The Hall–Kier alpha value is -1.10. The molecular formula is C19H35N3O2. The Bertz CT molecular complexity index is 409. The molecular weight excluding hydrogens is 302 g/mol. The molecule has 0 aromatic heterocycles. The van der Waals surface area contributed by atoms with E-state index in [1.807, 2.05) is 11.8 Å². The third kappa shape index (κ3) is 5.76. The number of rotatable bonds is 6. The SMILES string of the molecule is CCCC(=O)N1CCC(C(=O)NCCN2C[C@H](C)C[C@H](C)C2)CC1. The molecule has 2 atom stereocenters. The third-order valence-electron chi connectivity index (χ3n) is 5.35. The molecule has 0 unspecified atom stereocenters. The van der Waals surface area contributed by atoms with Crippen LogP contribution in [0.4, 0.5) is 0 Å². The Balaban J connectivity index is 1.64. The van der Waals surface area contributed by atoms with Crippen LogP contribution < -0.4 is 5.32 Å². The van der Waals surface area contributed by atoms with Gasteiger partial charge in [-0.25, -0.2) is 0 Å². The van der Waals surface area contributed by atoms with Gasteiger partial charge in [0.1, 0.15) is 0 Å². The second kappa shape index (κ2) is 9.40. The van der Waals surface area contributed by atoms with Gasteiger partial charge in [0.2, 0.25) is 11.8 Å². The summed E-state index contributed by atoms with van der Waals surface area (Å²) in [5.74, 6) is 2.01. The number of likely N-dealkylation sites (tertiary alicyclic amines) is 2. The first-order valence-corrected chi connectivity index (χ1v) is 9.77. The first kappa shape index (κ1) is 19.2. The summed E-state index contributed by atoms with van der Waals surface area (Å²) >= 11 is 0. The summed E-state index contributed by atoms with van der Waals surface area (Å²) < 4.78 is 0. The zero-order chi connectivity index (χ0) is 17.5. The van der Waals surface area contributed by atoms with Crippen molar-refractivity contribution in [2.45, 2.75) is 52.9 Å². The van der Waals surface area contributed by atoms with Gasteiger partial charge in [-0.1, -0.05) is 20.8 Å². The van der Waals surface area contributed by atoms with Crippen LogP contribution in [0.1, 0.15) is 52.9 Å². The van der Waals surface area contributed by atoms with Crippen molar-refractivity contribution in [1.29, 1.82) is 0 Å². The fourth-order valence-corrected chi connectivity index (χ4v) is 4.22. The maximum atomic E-state index is 12.3. The van der Waals surface area contributed by atoms with Gasteiger partial charge in [-0.15, -0.1) is 0 Å². The van der Waals surface area contributed by atoms with Gasteiger partial charge in [-0.05, 0) is 37.5 Å². The molecule has 2 heterocycles. The van der Waals surface area contributed by atoms with Gasteiger partial charge in [0.05, 0.1) is 0 Å². The van der Waals surface area contributed by atoms with E-state index in [2.05, 4.69) is 24.1 Å². The van der Waals surface area contributed by atoms with Crippen molar-refractivity contribution in [1.82, 2.24) is 15.1 Å². The van der Waals surface area contributed by atoms with E-state index in [4.69, 9.17) is 0 Å². The van der Waals surface area contributed by atoms with Crippen LogP contribution in [0, 0.1) is 17.8 Å². The third-order valence-corrected chi connectivity index (χ3v) is 5.35. The summed E-state index contributed by atoms with van der Waals surface area (Å²) in [6.45, 7) is 12.1. The Morgan fingerprint density at radius 3 is 2.29 bits per heavy atom. The van der Waals surface area contributed by atoms with Gasteiger partial charge in [-0.3, -0.25) is 9.59 Å². The van der Waals surface area contributed by atoms with Crippen LogP contribution in [-0.2, 0) is 9.59 Å². The van der Waals surface area contributed by atoms with Crippen molar-refractivity contribution < 1.29 is 9.59 Å². The smallest absolute Gasteiger partial charge is 0.223 e. The minimum Gasteiger partial charge on any atom is -0.355 e. The lowest BCUT2D eigenvalue weighted by molar-refractivity contribution is -0.135. The van der Waals surface area contributed by atoms with Crippen LogP contribution in [0.5, 0.6) is 0 Å². The number of carbonyl (C=O) groups excluding carboxylic acids is 2. The highest BCUT2D eigenvalue weighted by molar-refractivity contribution is 5.80. The summed E-state index contributed by atoms with van der Waals surface area (Å²) in [4.78, 5) is 28.6. The van der Waals surface area contributed by atoms with E-state index in [1.165, 1.54) is 6.42 Å². The van der Waals surface area contributed by atoms with Crippen molar-refractivity contribution in [2.24, 2.45) is 17.8 Å². The van der Waals surface area contributed by atoms with E-state index < -0.39 is 0 Å². The fraction of sp³-hybridized carbons (Fsp3) is 0.895. The molecule has 138 valence electrons. The number of hydrogen-bond acceptors (Lipinski definition) is 3. The second-order valence-electron chi connectivity index (χ2n) is 7.90. The molecule has 0 spiro atoms. The van der Waals surface area contributed by atoms with Crippen LogP contribution in [0.25, 0.3) is 0 Å². The van der Waals surface area contributed by atoms with Gasteiger partial charge in [-0.2, -0.15) is 0 Å². The zero-order valence-electron chi connectivity index (χ0n) is 15.7. The zero-order valence-corrected chi connectivity index (χ0v) is 15.7. The molecule has 2 amide bonds. The van der Waals surface area contributed by atoms with Crippen LogP contribution in [0.2, 0.25) is 0 Å². The van der Waals surface area contributed by atoms with Gasteiger partial charge < -0.3 is 15.1 Å². The van der Waals surface area contributed by atoms with Gasteiger partial charge in [0.25, 0.3) is 0 Å². The summed E-state index contributed by atoms with van der Waals surface area (Å²) in [6, 6.07) is 0. The Morgan fingerprint density at radius 1 is 1.08 bits per heavy atom. The molecule has 5 nitrogen and oxygen atoms in total. The topological polar surface area (TPSA) is 52.7 Å². The van der Waals surface area contributed by atoms with Gasteiger partial charge in [0.15, 0.2) is 0 Å². The minimum atomic E-state index is 0.0786. The lowest BCUT2D eigenvalue weighted by atomic mass is 9.92. The number of amides is 2. The van der Waals surface area contributed by atoms with Crippen molar-refractivity contribution >= 4 is 11.8 Å². The molecule has 0 aromatic rings. The molecule has 2 aliphatic heterocycles. The van der Waals surface area contributed by atoms with E-state index >= 15 is 0 Å². The fourth-order valence-electron chi connectivity index (χ4n) is 4.22. The van der Waals surface area contributed by atoms with E-state index in [0.29, 0.717) is 6.42 Å². The van der Waals surface area contributed by atoms with E-state index in [9.17, 15) is 9.59 Å². The first-order valence-electron chi connectivity index (χ1n) is 9.77. The van der Waals surface area contributed by atoms with Crippen LogP contribution in [0.3, 0.4) is 0 Å². The monoisotopic (exact) mass is 337 g/mol. The highest BCUT2D eigenvalue weighted by Crippen LogP contribution is 2.21. The molecule has 0 saturated carbocycles. The van der Waals surface area contributed by atoms with Crippen molar-refractivity contribution in [2.75, 3.05) is 39.3 Å². The summed E-state index contributed by atoms with van der Waals surface area (Å²) in [6.07, 6.45) is 4.45. The predicted molar refractivity (Wildman–Crippen MR) is 96.6 cm³/mol. The van der Waals surface area contributed by atoms with Crippen LogP contribution in [-0.4, -0.2) is 60.9 Å². The quantitative estimate of drug-likeness (QED) is 0.808. The standard InChI is InChI=1S/C19H35N3O2/c1-4-5-18(23)22-9-6-17(7-10-22)19(24)20-8-11-21-13-15(2)12-16(3)14-21/h15-17H,4-14H2,1-3H3,(H,20,24)/t15-,16+. The number of piperidine rings is 2. The van der Waals surface area contributed by atoms with E-state index in [0.717, 1.165) is 70.4 Å². The van der Waals surface area contributed by atoms with Crippen molar-refractivity contribution in [3.63, 3.8) is 0 Å². The minimum absolute atomic E-state index is 0.0786. The average molecular weight is 338 g/mol. The second-order valence-corrected chi connectivity index (χ2v) is 7.90. The number of carbonyl (C=O) groups is 2. The predicted octanol–water partition coefficient (Wildman–Crippen LogP) is 2.12. The molecule has 0 aromatic carbocycles. The molecule has 1 N–H and O–H groups in total. The highest BCUT2D eigenvalue weighted by Gasteiger charge is 2.27. The molecule has 0 radical (unpaired) electrons. The highest BCUT2D eigenvalue weighted by atomic mass is 16.2. The van der Waals surface area contributed by atoms with Gasteiger partial charge in [0, 0.05) is 51.6 Å². The number of hydrogen-bond donors (Lipinski definition) is 1. The number of nitrogens with one attached hydrogen (secondary N) is 1. The van der Waals surface area contributed by atoms with Crippen LogP contribution in [0.15, 0.2) is 0 Å². The van der Waals surface area contributed by atoms with E-state index in [1.54, 1.807) is 0 Å². The van der Waals surface area contributed by atoms with Crippen molar-refractivity contribution in [3.8, 4) is 0 Å². The Labute approximate surface area is 147 Å². The molecule has 2 aliphatic rings. The van der Waals surface area contributed by atoms with Gasteiger partial charge >= 0.3 is 0 Å². The Kier molecular flexibility index (Phi) is 7.53.